The van der Waals surface area contributed by atoms with Gasteiger partial charge in [-0.15, -0.1) is 0 Å². The second-order valence-electron chi connectivity index (χ2n) is 0.447. The minimum atomic E-state index is 0. The summed E-state index contributed by atoms with van der Waals surface area (Å²) in [5.41, 5.74) is 0. The van der Waals surface area contributed by atoms with Crippen LogP contribution in [0.4, 0.5) is 0 Å². The molecule has 0 bridgehead atoms. The van der Waals surface area contributed by atoms with Crippen LogP contribution in [0.1, 0.15) is 0 Å². The Morgan fingerprint density at radius 2 is 1.80 bits per heavy atom. The van der Waals surface area contributed by atoms with Crippen molar-refractivity contribution in [2.45, 2.75) is 0 Å². The molecule has 36 valence electrons. The molecule has 0 aliphatic rings. The fourth-order valence-corrected chi connectivity index (χ4v) is 0. The van der Waals surface area contributed by atoms with Gasteiger partial charge in [0.2, 0.25) is 0 Å². The molecule has 0 aliphatic heterocycles. The molecular formula is C2H6NiOS. The largest absolute Gasteiger partial charge is 0.396 e. The summed E-state index contributed by atoms with van der Waals surface area (Å²) in [6, 6.07) is 0. The van der Waals surface area contributed by atoms with Crippen LogP contribution in [0.3, 0.4) is 0 Å². The summed E-state index contributed by atoms with van der Waals surface area (Å²) >= 11 is 3.67. The zero-order valence-corrected chi connectivity index (χ0v) is 4.51. The van der Waals surface area contributed by atoms with E-state index >= 15 is 0 Å². The summed E-state index contributed by atoms with van der Waals surface area (Å²) in [4.78, 5) is 0. The van der Waals surface area contributed by atoms with Crippen molar-refractivity contribution in [2.24, 2.45) is 0 Å². The summed E-state index contributed by atoms with van der Waals surface area (Å²) < 4.78 is 0. The number of hydrogen-bond donors (Lipinski definition) is 2. The molecule has 3 heteroatoms. The maximum absolute atomic E-state index is 7.80. The molecule has 0 aliphatic carbocycles. The Morgan fingerprint density at radius 3 is 1.80 bits per heavy atom. The van der Waals surface area contributed by atoms with Crippen molar-refractivity contribution >= 4 is 12.6 Å². The van der Waals surface area contributed by atoms with E-state index in [1.54, 1.807) is 0 Å². The van der Waals surface area contributed by atoms with Gasteiger partial charge in [-0.1, -0.05) is 0 Å². The van der Waals surface area contributed by atoms with Gasteiger partial charge in [0, 0.05) is 22.2 Å². The van der Waals surface area contributed by atoms with Crippen LogP contribution in [-0.2, 0) is 16.5 Å². The number of rotatable bonds is 1. The van der Waals surface area contributed by atoms with E-state index in [4.69, 9.17) is 5.11 Å². The molecule has 0 aromatic heterocycles. The summed E-state index contributed by atoms with van der Waals surface area (Å²) in [6.07, 6.45) is 0. The fourth-order valence-electron chi connectivity index (χ4n) is 0. The average molecular weight is 137 g/mol. The molecule has 0 amide bonds. The SMILES string of the molecule is OCCS.[Ni]. The zero-order valence-electron chi connectivity index (χ0n) is 2.62. The van der Waals surface area contributed by atoms with Crippen LogP contribution in [0.5, 0.6) is 0 Å². The van der Waals surface area contributed by atoms with Gasteiger partial charge in [-0.25, -0.2) is 0 Å². The van der Waals surface area contributed by atoms with Crippen LogP contribution in [0, 0.1) is 0 Å². The molecule has 0 heterocycles. The second kappa shape index (κ2) is 8.84. The van der Waals surface area contributed by atoms with Crippen LogP contribution < -0.4 is 0 Å². The minimum Gasteiger partial charge on any atom is -0.396 e. The molecule has 0 aromatic carbocycles. The van der Waals surface area contributed by atoms with Gasteiger partial charge in [-0.05, 0) is 0 Å². The van der Waals surface area contributed by atoms with Gasteiger partial charge >= 0.3 is 0 Å². The van der Waals surface area contributed by atoms with Crippen molar-refractivity contribution in [1.82, 2.24) is 0 Å². The number of hydrogen-bond acceptors (Lipinski definition) is 2. The van der Waals surface area contributed by atoms with Crippen molar-refractivity contribution in [3.8, 4) is 0 Å². The van der Waals surface area contributed by atoms with E-state index in [1.807, 2.05) is 0 Å². The average Bonchev–Trinajstić information content (AvgIpc) is 1.37. The first kappa shape index (κ1) is 9.26. The van der Waals surface area contributed by atoms with Crippen molar-refractivity contribution in [3.63, 3.8) is 0 Å². The topological polar surface area (TPSA) is 20.2 Å². The Kier molecular flexibility index (Phi) is 16.4. The maximum Gasteiger partial charge on any atom is 0.0519 e. The summed E-state index contributed by atoms with van der Waals surface area (Å²) in [6.45, 7) is 0.184. The Bertz CT molecular complexity index is 11.6. The van der Waals surface area contributed by atoms with E-state index in [0.717, 1.165) is 0 Å². The van der Waals surface area contributed by atoms with Crippen LogP contribution in [0.15, 0.2) is 0 Å². The normalized spacial score (nSPS) is 6.00. The molecule has 0 saturated heterocycles. The first-order valence-corrected chi connectivity index (χ1v) is 1.76. The summed E-state index contributed by atoms with van der Waals surface area (Å²) in [5.74, 6) is 0.569. The Balaban J connectivity index is 0. The molecule has 0 unspecified atom stereocenters. The molecule has 0 radical (unpaired) electrons. The van der Waals surface area contributed by atoms with Gasteiger partial charge in [0.05, 0.1) is 6.61 Å². The van der Waals surface area contributed by atoms with Crippen molar-refractivity contribution in [2.75, 3.05) is 12.4 Å². The molecule has 0 aromatic rings. The van der Waals surface area contributed by atoms with Gasteiger partial charge in [0.25, 0.3) is 0 Å². The molecule has 0 rings (SSSR count). The summed E-state index contributed by atoms with van der Waals surface area (Å²) in [7, 11) is 0. The van der Waals surface area contributed by atoms with E-state index in [9.17, 15) is 0 Å². The van der Waals surface area contributed by atoms with Gasteiger partial charge in [0.15, 0.2) is 0 Å². The first-order valence-electron chi connectivity index (χ1n) is 1.13. The van der Waals surface area contributed by atoms with Crippen LogP contribution >= 0.6 is 12.6 Å². The predicted molar refractivity (Wildman–Crippen MR) is 20.9 cm³/mol. The molecule has 1 N–H and O–H groups in total. The molecule has 0 spiro atoms. The Morgan fingerprint density at radius 1 is 1.60 bits per heavy atom. The maximum atomic E-state index is 7.80. The minimum absolute atomic E-state index is 0. The molecule has 5 heavy (non-hydrogen) atoms. The zero-order chi connectivity index (χ0) is 3.41. The monoisotopic (exact) mass is 136 g/mol. The molecular weight excluding hydrogens is 131 g/mol. The van der Waals surface area contributed by atoms with Gasteiger partial charge in [-0.2, -0.15) is 12.6 Å². The van der Waals surface area contributed by atoms with Crippen molar-refractivity contribution < 1.29 is 21.6 Å². The Labute approximate surface area is 47.1 Å². The number of aliphatic hydroxyl groups is 1. The van der Waals surface area contributed by atoms with Crippen LogP contribution in [0.2, 0.25) is 0 Å². The quantitative estimate of drug-likeness (QED) is 0.382. The van der Waals surface area contributed by atoms with E-state index in [0.29, 0.717) is 5.75 Å². The van der Waals surface area contributed by atoms with Gasteiger partial charge < -0.3 is 5.11 Å². The van der Waals surface area contributed by atoms with E-state index < -0.39 is 0 Å². The van der Waals surface area contributed by atoms with Crippen molar-refractivity contribution in [3.05, 3.63) is 0 Å². The molecule has 0 fully saturated rings. The van der Waals surface area contributed by atoms with E-state index in [2.05, 4.69) is 12.6 Å². The summed E-state index contributed by atoms with van der Waals surface area (Å²) in [5, 5.41) is 7.80. The molecule has 0 atom stereocenters. The fraction of sp³-hybridized carbons (Fsp3) is 1.00. The standard InChI is InChI=1S/C2H6OS.Ni/c3-1-2-4;/h3-4H,1-2H2;. The number of aliphatic hydroxyl groups excluding tert-OH is 1. The first-order chi connectivity index (χ1) is 1.91. The third-order valence-corrected chi connectivity index (χ3v) is 0.300. The van der Waals surface area contributed by atoms with E-state index in [-0.39, 0.29) is 23.1 Å². The molecule has 1 nitrogen and oxygen atoms in total. The number of thiol groups is 1. The predicted octanol–water partition coefficient (Wildman–Crippen LogP) is -0.0940. The Hall–Kier alpha value is 0.804. The molecule has 0 saturated carbocycles. The smallest absolute Gasteiger partial charge is 0.0519 e. The van der Waals surface area contributed by atoms with Crippen LogP contribution in [0.25, 0.3) is 0 Å². The third-order valence-electron chi connectivity index (χ3n) is 0.1000. The second-order valence-corrected chi connectivity index (χ2v) is 0.894. The van der Waals surface area contributed by atoms with Gasteiger partial charge in [-0.3, -0.25) is 0 Å². The van der Waals surface area contributed by atoms with Gasteiger partial charge in [0.1, 0.15) is 0 Å². The van der Waals surface area contributed by atoms with Crippen LogP contribution in [-0.4, -0.2) is 17.5 Å². The van der Waals surface area contributed by atoms with Crippen molar-refractivity contribution in [1.29, 1.82) is 0 Å². The third kappa shape index (κ3) is 11.6. The van der Waals surface area contributed by atoms with E-state index in [1.165, 1.54) is 0 Å².